The van der Waals surface area contributed by atoms with Gasteiger partial charge in [-0.2, -0.15) is 0 Å². The van der Waals surface area contributed by atoms with Gasteiger partial charge in [-0.15, -0.1) is 13.2 Å². The highest BCUT2D eigenvalue weighted by atomic mass is 16.6. The molecule has 0 heterocycles. The maximum atomic E-state index is 13.2. The number of rotatable bonds is 17. The standard InChI is InChI=1S/C31H39N3O7/c1-4-12-25(18-28(36)32-22(3)19-35)29(37)33-27(24-16-10-7-11-17-24)21-40-30(38)26(13-5-2)34-31(39)41-20-23-14-8-6-9-15-23/h4-11,14-17,22,25-27,35H,1-2,12-13,18-21H2,3H3,(H,32,36)(H,33,37)(H,34,39)/t22-,25+,26-,27+/m1/s1. The molecular formula is C31H39N3O7. The SMILES string of the molecule is C=CC[C@@H](CC(=O)N[C@H](C)CO)C(=O)N[C@@H](COC(=O)[C@@H](CC=C)NC(=O)OCc1ccccc1)c1ccccc1. The van der Waals surface area contributed by atoms with E-state index in [0.717, 1.165) is 5.56 Å². The summed E-state index contributed by atoms with van der Waals surface area (Å²) in [6, 6.07) is 15.8. The monoisotopic (exact) mass is 565 g/mol. The van der Waals surface area contributed by atoms with Crippen molar-refractivity contribution in [3.8, 4) is 0 Å². The van der Waals surface area contributed by atoms with E-state index in [4.69, 9.17) is 9.47 Å². The van der Waals surface area contributed by atoms with E-state index in [2.05, 4.69) is 29.1 Å². The molecule has 0 saturated heterocycles. The lowest BCUT2D eigenvalue weighted by Gasteiger charge is -2.24. The second-order valence-electron chi connectivity index (χ2n) is 9.46. The van der Waals surface area contributed by atoms with Crippen LogP contribution in [0.2, 0.25) is 0 Å². The van der Waals surface area contributed by atoms with Crippen LogP contribution in [-0.2, 0) is 30.5 Å². The number of amides is 3. The Labute approximate surface area is 240 Å². The normalized spacial score (nSPS) is 13.4. The van der Waals surface area contributed by atoms with Crippen LogP contribution in [0.3, 0.4) is 0 Å². The number of allylic oxidation sites excluding steroid dienone is 1. The number of ether oxygens (including phenoxy) is 2. The second kappa shape index (κ2) is 18.0. The van der Waals surface area contributed by atoms with Crippen LogP contribution in [0, 0.1) is 5.92 Å². The third-order valence-electron chi connectivity index (χ3n) is 6.04. The first kappa shape index (κ1) is 32.8. The topological polar surface area (TPSA) is 143 Å². The number of hydrogen-bond acceptors (Lipinski definition) is 7. The average molecular weight is 566 g/mol. The van der Waals surface area contributed by atoms with Crippen LogP contribution in [-0.4, -0.2) is 54.3 Å². The van der Waals surface area contributed by atoms with Gasteiger partial charge in [-0.1, -0.05) is 72.8 Å². The summed E-state index contributed by atoms with van der Waals surface area (Å²) < 4.78 is 10.7. The summed E-state index contributed by atoms with van der Waals surface area (Å²) in [6.45, 7) is 8.56. The van der Waals surface area contributed by atoms with Crippen molar-refractivity contribution in [3.63, 3.8) is 0 Å². The fourth-order valence-corrected chi connectivity index (χ4v) is 3.84. The zero-order valence-corrected chi connectivity index (χ0v) is 23.3. The Morgan fingerprint density at radius 2 is 1.51 bits per heavy atom. The Bertz CT molecular complexity index is 1140. The Morgan fingerprint density at radius 1 is 0.878 bits per heavy atom. The molecule has 0 aliphatic rings. The Kier molecular flexibility index (Phi) is 14.4. The highest BCUT2D eigenvalue weighted by molar-refractivity contribution is 5.86. The van der Waals surface area contributed by atoms with Crippen molar-refractivity contribution < 1.29 is 33.8 Å². The lowest BCUT2D eigenvalue weighted by atomic mass is 9.98. The van der Waals surface area contributed by atoms with E-state index in [1.165, 1.54) is 6.08 Å². The number of aliphatic hydroxyl groups excluding tert-OH is 1. The van der Waals surface area contributed by atoms with Crippen molar-refractivity contribution in [1.82, 2.24) is 16.0 Å². The molecule has 10 nitrogen and oxygen atoms in total. The first-order valence-corrected chi connectivity index (χ1v) is 13.4. The molecule has 2 rings (SSSR count). The highest BCUT2D eigenvalue weighted by Gasteiger charge is 2.27. The summed E-state index contributed by atoms with van der Waals surface area (Å²) in [5.41, 5.74) is 1.47. The van der Waals surface area contributed by atoms with Crippen molar-refractivity contribution in [2.45, 2.75) is 50.9 Å². The average Bonchev–Trinajstić information content (AvgIpc) is 2.98. The number of benzene rings is 2. The maximum absolute atomic E-state index is 13.2. The molecule has 0 fully saturated rings. The molecule has 0 unspecified atom stereocenters. The quantitative estimate of drug-likeness (QED) is 0.170. The first-order chi connectivity index (χ1) is 19.8. The van der Waals surface area contributed by atoms with E-state index in [9.17, 15) is 24.3 Å². The fraction of sp³-hybridized carbons (Fsp3) is 0.355. The summed E-state index contributed by atoms with van der Waals surface area (Å²) >= 11 is 0. The Hall–Kier alpha value is -4.44. The minimum Gasteiger partial charge on any atom is -0.462 e. The van der Waals surface area contributed by atoms with Gasteiger partial charge in [0.15, 0.2) is 0 Å². The number of esters is 1. The van der Waals surface area contributed by atoms with Crippen LogP contribution in [0.1, 0.15) is 43.4 Å². The molecule has 0 saturated carbocycles. The summed E-state index contributed by atoms with van der Waals surface area (Å²) in [5.74, 6) is -2.26. The maximum Gasteiger partial charge on any atom is 0.408 e. The summed E-state index contributed by atoms with van der Waals surface area (Å²) in [6.07, 6.45) is 2.47. The fourth-order valence-electron chi connectivity index (χ4n) is 3.84. The van der Waals surface area contributed by atoms with E-state index < -0.39 is 42.0 Å². The molecule has 0 aromatic heterocycles. The van der Waals surface area contributed by atoms with E-state index in [0.29, 0.717) is 5.56 Å². The van der Waals surface area contributed by atoms with Gasteiger partial charge in [0.1, 0.15) is 19.3 Å². The number of nitrogens with one attached hydrogen (secondary N) is 3. The van der Waals surface area contributed by atoms with Crippen molar-refractivity contribution >= 4 is 23.9 Å². The molecule has 0 bridgehead atoms. The van der Waals surface area contributed by atoms with Crippen molar-refractivity contribution in [2.75, 3.05) is 13.2 Å². The molecule has 4 N–H and O–H groups in total. The van der Waals surface area contributed by atoms with Crippen molar-refractivity contribution in [2.24, 2.45) is 5.92 Å². The van der Waals surface area contributed by atoms with Crippen LogP contribution in [0.15, 0.2) is 86.0 Å². The molecule has 41 heavy (non-hydrogen) atoms. The van der Waals surface area contributed by atoms with Crippen LogP contribution >= 0.6 is 0 Å². The van der Waals surface area contributed by atoms with E-state index in [1.807, 2.05) is 36.4 Å². The summed E-state index contributed by atoms with van der Waals surface area (Å²) in [5, 5.41) is 17.2. The molecule has 2 aromatic rings. The molecule has 4 atom stereocenters. The number of carbonyl (C=O) groups excluding carboxylic acids is 4. The van der Waals surface area contributed by atoms with Gasteiger partial charge in [0, 0.05) is 12.5 Å². The lowest BCUT2D eigenvalue weighted by Crippen LogP contribution is -2.43. The molecule has 0 radical (unpaired) electrons. The number of hydrogen-bond donors (Lipinski definition) is 4. The number of aliphatic hydroxyl groups is 1. The lowest BCUT2D eigenvalue weighted by molar-refractivity contribution is -0.147. The van der Waals surface area contributed by atoms with Crippen LogP contribution < -0.4 is 16.0 Å². The molecule has 3 amide bonds. The third-order valence-corrected chi connectivity index (χ3v) is 6.04. The zero-order chi connectivity index (χ0) is 30.0. The summed E-state index contributed by atoms with van der Waals surface area (Å²) in [7, 11) is 0. The van der Waals surface area contributed by atoms with Gasteiger partial charge >= 0.3 is 12.1 Å². The molecule has 10 heteroatoms. The largest absolute Gasteiger partial charge is 0.462 e. The molecule has 0 aliphatic carbocycles. The van der Waals surface area contributed by atoms with Gasteiger partial charge in [0.25, 0.3) is 0 Å². The summed E-state index contributed by atoms with van der Waals surface area (Å²) in [4.78, 5) is 50.8. The van der Waals surface area contributed by atoms with Gasteiger partial charge < -0.3 is 30.5 Å². The van der Waals surface area contributed by atoms with Crippen molar-refractivity contribution in [1.29, 1.82) is 0 Å². The van der Waals surface area contributed by atoms with Gasteiger partial charge in [-0.05, 0) is 30.9 Å². The van der Waals surface area contributed by atoms with Gasteiger partial charge in [-0.25, -0.2) is 9.59 Å². The minimum absolute atomic E-state index is 0.0352. The van der Waals surface area contributed by atoms with E-state index in [1.54, 1.807) is 37.3 Å². The number of carbonyl (C=O) groups is 4. The second-order valence-corrected chi connectivity index (χ2v) is 9.46. The van der Waals surface area contributed by atoms with E-state index in [-0.39, 0.29) is 45.0 Å². The minimum atomic E-state index is -1.05. The smallest absolute Gasteiger partial charge is 0.408 e. The highest BCUT2D eigenvalue weighted by Crippen LogP contribution is 2.18. The predicted octanol–water partition coefficient (Wildman–Crippen LogP) is 3.34. The number of alkyl carbamates (subject to hydrolysis) is 1. The molecule has 220 valence electrons. The van der Waals surface area contributed by atoms with Gasteiger partial charge in [0.2, 0.25) is 11.8 Å². The predicted molar refractivity (Wildman–Crippen MR) is 154 cm³/mol. The van der Waals surface area contributed by atoms with Crippen molar-refractivity contribution in [3.05, 3.63) is 97.1 Å². The Balaban J connectivity index is 2.05. The molecule has 0 spiro atoms. The molecular weight excluding hydrogens is 526 g/mol. The van der Waals surface area contributed by atoms with Gasteiger partial charge in [-0.3, -0.25) is 9.59 Å². The van der Waals surface area contributed by atoms with Crippen LogP contribution in [0.4, 0.5) is 4.79 Å². The third kappa shape index (κ3) is 12.1. The van der Waals surface area contributed by atoms with Crippen LogP contribution in [0.5, 0.6) is 0 Å². The first-order valence-electron chi connectivity index (χ1n) is 13.4. The van der Waals surface area contributed by atoms with Crippen LogP contribution in [0.25, 0.3) is 0 Å². The molecule has 0 aliphatic heterocycles. The van der Waals surface area contributed by atoms with Gasteiger partial charge in [0.05, 0.1) is 18.6 Å². The Morgan fingerprint density at radius 3 is 2.12 bits per heavy atom. The zero-order valence-electron chi connectivity index (χ0n) is 23.3. The molecule has 2 aromatic carbocycles. The van der Waals surface area contributed by atoms with E-state index >= 15 is 0 Å².